The quantitative estimate of drug-likeness (QED) is 0.620. The van der Waals surface area contributed by atoms with E-state index in [2.05, 4.69) is 15.9 Å². The van der Waals surface area contributed by atoms with Crippen LogP contribution in [0.5, 0.6) is 0 Å². The van der Waals surface area contributed by atoms with Crippen molar-refractivity contribution in [2.75, 3.05) is 14.2 Å². The molecule has 3 nitrogen and oxygen atoms in total. The number of nitrogens with zero attached hydrogens (tertiary/aromatic N) is 1. The van der Waals surface area contributed by atoms with E-state index < -0.39 is 11.7 Å². The topological polar surface area (TPSA) is 29.5 Å². The lowest BCUT2D eigenvalue weighted by Gasteiger charge is -2.14. The Morgan fingerprint density at radius 3 is 2.73 bits per heavy atom. The molecule has 6 heteroatoms. The van der Waals surface area contributed by atoms with Crippen LogP contribution < -0.4 is 0 Å². The van der Waals surface area contributed by atoms with E-state index in [1.807, 2.05) is 0 Å². The molecule has 0 fully saturated rings. The number of amides is 1. The van der Waals surface area contributed by atoms with Gasteiger partial charge in [-0.1, -0.05) is 11.6 Å². The van der Waals surface area contributed by atoms with E-state index in [0.717, 1.165) is 5.06 Å². The number of carbonyl (C=O) groups excluding carboxylic acids is 1. The fourth-order valence-electron chi connectivity index (χ4n) is 0.944. The molecule has 0 N–H and O–H groups in total. The van der Waals surface area contributed by atoms with Crippen LogP contribution in [0.2, 0.25) is 5.02 Å². The first-order chi connectivity index (χ1) is 6.99. The van der Waals surface area contributed by atoms with Gasteiger partial charge in [0, 0.05) is 7.05 Å². The molecular weight excluding hydrogens is 288 g/mol. The van der Waals surface area contributed by atoms with E-state index in [-0.39, 0.29) is 15.1 Å². The second kappa shape index (κ2) is 4.92. The van der Waals surface area contributed by atoms with Crippen LogP contribution in [-0.4, -0.2) is 25.1 Å². The summed E-state index contributed by atoms with van der Waals surface area (Å²) in [7, 11) is 2.78. The summed E-state index contributed by atoms with van der Waals surface area (Å²) < 4.78 is 13.4. The highest BCUT2D eigenvalue weighted by molar-refractivity contribution is 9.10. The Kier molecular flexibility index (Phi) is 4.07. The molecule has 0 aliphatic carbocycles. The predicted octanol–water partition coefficient (Wildman–Crippen LogP) is 2.88. The van der Waals surface area contributed by atoms with Gasteiger partial charge in [-0.3, -0.25) is 9.63 Å². The van der Waals surface area contributed by atoms with Crippen LogP contribution in [0.25, 0.3) is 0 Å². The average molecular weight is 297 g/mol. The summed E-state index contributed by atoms with van der Waals surface area (Å²) in [4.78, 5) is 16.3. The third-order valence-corrected chi connectivity index (χ3v) is 2.89. The minimum Gasteiger partial charge on any atom is -0.274 e. The highest BCUT2D eigenvalue weighted by atomic mass is 79.9. The van der Waals surface area contributed by atoms with E-state index in [4.69, 9.17) is 16.4 Å². The van der Waals surface area contributed by atoms with Crippen molar-refractivity contribution < 1.29 is 14.0 Å². The summed E-state index contributed by atoms with van der Waals surface area (Å²) in [5.74, 6) is -1.12. The number of hydrogen-bond donors (Lipinski definition) is 0. The monoisotopic (exact) mass is 295 g/mol. The molecule has 0 aliphatic rings. The first-order valence-electron chi connectivity index (χ1n) is 3.94. The maximum absolute atomic E-state index is 13.3. The van der Waals surface area contributed by atoms with Crippen molar-refractivity contribution in [2.24, 2.45) is 0 Å². The van der Waals surface area contributed by atoms with Gasteiger partial charge in [-0.15, -0.1) is 0 Å². The van der Waals surface area contributed by atoms with Crippen molar-refractivity contribution in [3.8, 4) is 0 Å². The summed E-state index contributed by atoms with van der Waals surface area (Å²) in [6.07, 6.45) is 0. The Labute approximate surface area is 99.9 Å². The number of carbonyl (C=O) groups is 1. The van der Waals surface area contributed by atoms with Gasteiger partial charge in [0.15, 0.2) is 5.82 Å². The number of halogens is 3. The summed E-state index contributed by atoms with van der Waals surface area (Å²) in [5, 5.41) is 0.950. The molecule has 1 amide bonds. The molecule has 0 bridgehead atoms. The molecule has 15 heavy (non-hydrogen) atoms. The van der Waals surface area contributed by atoms with Crippen LogP contribution in [0, 0.1) is 5.82 Å². The normalized spacial score (nSPS) is 10.2. The van der Waals surface area contributed by atoms with Crippen LogP contribution >= 0.6 is 27.5 Å². The molecule has 1 rings (SSSR count). The zero-order chi connectivity index (χ0) is 11.6. The van der Waals surface area contributed by atoms with Gasteiger partial charge in [-0.05, 0) is 28.1 Å². The Balaban J connectivity index is 3.16. The van der Waals surface area contributed by atoms with Gasteiger partial charge in [0.05, 0.1) is 22.2 Å². The molecule has 0 spiro atoms. The lowest BCUT2D eigenvalue weighted by Crippen LogP contribution is -2.25. The van der Waals surface area contributed by atoms with Crippen LogP contribution in [0.4, 0.5) is 4.39 Å². The maximum Gasteiger partial charge on any atom is 0.278 e. The standard InChI is InChI=1S/C9H8BrClFNO2/c1-13(15-2)9(14)5-3-4-6(11)8(12)7(5)10/h3-4H,1-2H3. The lowest BCUT2D eigenvalue weighted by molar-refractivity contribution is -0.0757. The third-order valence-electron chi connectivity index (χ3n) is 1.83. The minimum absolute atomic E-state index is 0.0314. The highest BCUT2D eigenvalue weighted by Crippen LogP contribution is 2.27. The van der Waals surface area contributed by atoms with Crippen LogP contribution in [0.1, 0.15) is 10.4 Å². The molecule has 0 aliphatic heterocycles. The first-order valence-corrected chi connectivity index (χ1v) is 5.11. The molecule has 0 unspecified atom stereocenters. The second-order valence-corrected chi connectivity index (χ2v) is 3.91. The van der Waals surface area contributed by atoms with E-state index in [9.17, 15) is 9.18 Å². The van der Waals surface area contributed by atoms with E-state index in [0.29, 0.717) is 0 Å². The molecule has 0 radical (unpaired) electrons. The van der Waals surface area contributed by atoms with Gasteiger partial charge in [0.1, 0.15) is 0 Å². The summed E-state index contributed by atoms with van der Waals surface area (Å²) in [6, 6.07) is 2.74. The van der Waals surface area contributed by atoms with Gasteiger partial charge >= 0.3 is 0 Å². The minimum atomic E-state index is -0.660. The van der Waals surface area contributed by atoms with Crippen LogP contribution in [-0.2, 0) is 4.84 Å². The van der Waals surface area contributed by atoms with Crippen LogP contribution in [0.3, 0.4) is 0 Å². The number of hydroxylamine groups is 2. The smallest absolute Gasteiger partial charge is 0.274 e. The largest absolute Gasteiger partial charge is 0.278 e. The maximum atomic E-state index is 13.3. The van der Waals surface area contributed by atoms with Crippen molar-refractivity contribution in [1.82, 2.24) is 5.06 Å². The van der Waals surface area contributed by atoms with Crippen molar-refractivity contribution in [2.45, 2.75) is 0 Å². The molecule has 0 saturated heterocycles. The molecule has 0 aromatic heterocycles. The van der Waals surface area contributed by atoms with E-state index in [1.54, 1.807) is 0 Å². The van der Waals surface area contributed by atoms with Crippen molar-refractivity contribution >= 4 is 33.4 Å². The summed E-state index contributed by atoms with van der Waals surface area (Å²) in [5.41, 5.74) is 0.154. The Bertz CT molecular complexity index is 400. The summed E-state index contributed by atoms with van der Waals surface area (Å²) in [6.45, 7) is 0. The van der Waals surface area contributed by atoms with E-state index in [1.165, 1.54) is 26.3 Å². The van der Waals surface area contributed by atoms with Gasteiger partial charge < -0.3 is 0 Å². The highest BCUT2D eigenvalue weighted by Gasteiger charge is 2.18. The molecule has 1 aromatic carbocycles. The van der Waals surface area contributed by atoms with Gasteiger partial charge in [-0.2, -0.15) is 0 Å². The predicted molar refractivity (Wildman–Crippen MR) is 58.2 cm³/mol. The molecule has 1 aromatic rings. The molecule has 0 saturated carbocycles. The number of hydrogen-bond acceptors (Lipinski definition) is 2. The van der Waals surface area contributed by atoms with Crippen LogP contribution in [0.15, 0.2) is 16.6 Å². The van der Waals surface area contributed by atoms with Gasteiger partial charge in [0.2, 0.25) is 0 Å². The SMILES string of the molecule is CON(C)C(=O)c1ccc(Cl)c(F)c1Br. The first kappa shape index (κ1) is 12.4. The Hall–Kier alpha value is -0.650. The fourth-order valence-corrected chi connectivity index (χ4v) is 1.73. The third kappa shape index (κ3) is 2.48. The van der Waals surface area contributed by atoms with E-state index >= 15 is 0 Å². The molecule has 0 atom stereocenters. The number of rotatable bonds is 2. The Morgan fingerprint density at radius 2 is 2.20 bits per heavy atom. The zero-order valence-corrected chi connectivity index (χ0v) is 10.4. The van der Waals surface area contributed by atoms with Gasteiger partial charge in [0.25, 0.3) is 5.91 Å². The molecule has 82 valence electrons. The molecule has 0 heterocycles. The van der Waals surface area contributed by atoms with Crippen molar-refractivity contribution in [3.63, 3.8) is 0 Å². The zero-order valence-electron chi connectivity index (χ0n) is 8.05. The Morgan fingerprint density at radius 1 is 1.60 bits per heavy atom. The lowest BCUT2D eigenvalue weighted by atomic mass is 10.2. The van der Waals surface area contributed by atoms with Crippen molar-refractivity contribution in [1.29, 1.82) is 0 Å². The number of benzene rings is 1. The summed E-state index contributed by atoms with van der Waals surface area (Å²) >= 11 is 8.51. The fraction of sp³-hybridized carbons (Fsp3) is 0.222. The molecular formula is C9H8BrClFNO2. The van der Waals surface area contributed by atoms with Crippen molar-refractivity contribution in [3.05, 3.63) is 33.0 Å². The average Bonchev–Trinajstić information content (AvgIpc) is 2.24. The second-order valence-electron chi connectivity index (χ2n) is 2.71. The van der Waals surface area contributed by atoms with Gasteiger partial charge in [-0.25, -0.2) is 9.45 Å².